The van der Waals surface area contributed by atoms with Gasteiger partial charge in [-0.2, -0.15) is 8.42 Å². The lowest BCUT2D eigenvalue weighted by atomic mass is 10.2. The van der Waals surface area contributed by atoms with Crippen molar-refractivity contribution < 1.29 is 41.2 Å². The van der Waals surface area contributed by atoms with Crippen LogP contribution >= 0.6 is 23.5 Å². The van der Waals surface area contributed by atoms with Crippen LogP contribution in [-0.2, 0) is 30.7 Å². The van der Waals surface area contributed by atoms with Gasteiger partial charge in [0.2, 0.25) is 5.88 Å². The van der Waals surface area contributed by atoms with Crippen molar-refractivity contribution in [1.29, 1.82) is 0 Å². The van der Waals surface area contributed by atoms with Crippen LogP contribution in [0.15, 0.2) is 77.5 Å². The number of fused-ring (bicyclic) bond motifs is 1. The van der Waals surface area contributed by atoms with Crippen molar-refractivity contribution in [1.82, 2.24) is 0 Å². The van der Waals surface area contributed by atoms with Crippen LogP contribution in [0, 0.1) is 0 Å². The highest BCUT2D eigenvalue weighted by Crippen LogP contribution is 2.40. The van der Waals surface area contributed by atoms with Crippen LogP contribution in [0.5, 0.6) is 5.75 Å². The topological polar surface area (TPSA) is 136 Å². The van der Waals surface area contributed by atoms with Crippen molar-refractivity contribution in [2.24, 2.45) is 0 Å². The van der Waals surface area contributed by atoms with Crippen LogP contribution < -0.4 is 14.7 Å². The fourth-order valence-electron chi connectivity index (χ4n) is 3.41. The second-order valence-corrected chi connectivity index (χ2v) is 11.2. The highest BCUT2D eigenvalue weighted by Gasteiger charge is 2.38. The summed E-state index contributed by atoms with van der Waals surface area (Å²) < 4.78 is 38.6. The number of allylic oxidation sites excluding steroid dienone is 2. The molecule has 4 rings (SSSR count). The van der Waals surface area contributed by atoms with Crippen LogP contribution in [0.4, 0.5) is 5.69 Å². The molecule has 0 spiro atoms. The largest absolute Gasteiger partial charge is 0.544 e. The zero-order valence-corrected chi connectivity index (χ0v) is 23.1. The third kappa shape index (κ3) is 8.20. The number of benzene rings is 2. The predicted molar refractivity (Wildman–Crippen MR) is 145 cm³/mol. The number of hydrogen-bond donors (Lipinski definition) is 1. The van der Waals surface area contributed by atoms with E-state index in [1.807, 2.05) is 61.5 Å². The molecule has 0 aliphatic carbocycles. The summed E-state index contributed by atoms with van der Waals surface area (Å²) in [5, 5.41) is 11.1. The molecule has 0 saturated heterocycles. The van der Waals surface area contributed by atoms with Gasteiger partial charge >= 0.3 is 16.3 Å². The van der Waals surface area contributed by atoms with Gasteiger partial charge in [0.1, 0.15) is 10.9 Å². The summed E-state index contributed by atoms with van der Waals surface area (Å²) in [6.45, 7) is 3.55. The summed E-state index contributed by atoms with van der Waals surface area (Å²) >= 11 is 2.71. The number of thioether (sulfide) groups is 2. The number of amides is 1. The summed E-state index contributed by atoms with van der Waals surface area (Å²) in [5.41, 5.74) is 2.08. The minimum absolute atomic E-state index is 0.0289. The summed E-state index contributed by atoms with van der Waals surface area (Å²) in [6, 6.07) is 17.8. The Kier molecular flexibility index (Phi) is 10.6. The van der Waals surface area contributed by atoms with E-state index in [9.17, 15) is 23.1 Å². The summed E-state index contributed by atoms with van der Waals surface area (Å²) in [6.07, 6.45) is 3.46. The van der Waals surface area contributed by atoms with E-state index in [1.165, 1.54) is 35.0 Å². The number of para-hydroxylation sites is 2. The van der Waals surface area contributed by atoms with Gasteiger partial charge in [-0.1, -0.05) is 49.4 Å². The SMILES string of the molecule is CCOS(=O)(=O)O.CCSC1=[N+](CC(=O)[O-])C(=O)C(=CC=C2Oc3ccccc3N2Cc2ccccc2)S1. The molecule has 0 aromatic heterocycles. The van der Waals surface area contributed by atoms with Crippen molar-refractivity contribution in [3.05, 3.63) is 83.1 Å². The maximum atomic E-state index is 12.7. The molecule has 0 bridgehead atoms. The Balaban J connectivity index is 0.000000505. The zero-order chi connectivity index (χ0) is 27.7. The van der Waals surface area contributed by atoms with Crippen LogP contribution in [0.3, 0.4) is 0 Å². The Hall–Kier alpha value is -3.10. The highest BCUT2D eigenvalue weighted by atomic mass is 32.3. The lowest BCUT2D eigenvalue weighted by Gasteiger charge is -2.18. The molecule has 0 unspecified atom stereocenters. The molecule has 2 heterocycles. The quantitative estimate of drug-likeness (QED) is 0.281. The fraction of sp³-hybridized carbons (Fsp3) is 0.240. The Morgan fingerprint density at radius 1 is 1.16 bits per heavy atom. The van der Waals surface area contributed by atoms with Crippen molar-refractivity contribution in [3.8, 4) is 5.75 Å². The maximum absolute atomic E-state index is 12.7. The van der Waals surface area contributed by atoms with Gasteiger partial charge in [0.05, 0.1) is 18.8 Å². The lowest BCUT2D eigenvalue weighted by Crippen LogP contribution is -2.35. The second-order valence-electron chi connectivity index (χ2n) is 7.58. The predicted octanol–water partition coefficient (Wildman–Crippen LogP) is 2.78. The molecule has 38 heavy (non-hydrogen) atoms. The smallest absolute Gasteiger partial charge is 0.428 e. The summed E-state index contributed by atoms with van der Waals surface area (Å²) in [5.74, 6) is 0.463. The molecular formula is C25H26N2O8S3. The number of rotatable bonds is 8. The Bertz CT molecular complexity index is 1370. The summed E-state index contributed by atoms with van der Waals surface area (Å²) in [4.78, 5) is 26.3. The Morgan fingerprint density at radius 3 is 2.45 bits per heavy atom. The Labute approximate surface area is 229 Å². The average molecular weight is 579 g/mol. The second kappa shape index (κ2) is 13.6. The van der Waals surface area contributed by atoms with E-state index < -0.39 is 22.9 Å². The molecule has 0 saturated carbocycles. The number of carbonyl (C=O) groups is 2. The first kappa shape index (κ1) is 29.5. The van der Waals surface area contributed by atoms with Crippen molar-refractivity contribution >= 4 is 55.9 Å². The van der Waals surface area contributed by atoms with Gasteiger partial charge in [-0.15, -0.1) is 4.58 Å². The number of ether oxygens (including phenoxy) is 1. The first-order valence-corrected chi connectivity index (χ1v) is 14.6. The molecule has 1 amide bonds. The first-order valence-electron chi connectivity index (χ1n) is 11.4. The van der Waals surface area contributed by atoms with Gasteiger partial charge in [0.15, 0.2) is 12.3 Å². The number of nitrogens with zero attached hydrogens (tertiary/aromatic N) is 2. The van der Waals surface area contributed by atoms with Crippen molar-refractivity contribution in [2.45, 2.75) is 20.4 Å². The monoisotopic (exact) mass is 578 g/mol. The number of anilines is 1. The average Bonchev–Trinajstić information content (AvgIpc) is 3.35. The zero-order valence-electron chi connectivity index (χ0n) is 20.6. The van der Waals surface area contributed by atoms with E-state index in [4.69, 9.17) is 9.29 Å². The van der Waals surface area contributed by atoms with E-state index in [2.05, 4.69) is 9.08 Å². The normalized spacial score (nSPS) is 16.9. The molecule has 13 heteroatoms. The molecule has 1 N–H and O–H groups in total. The Morgan fingerprint density at radius 2 is 1.84 bits per heavy atom. The number of hydrogen-bond acceptors (Lipinski definition) is 10. The fourth-order valence-corrected chi connectivity index (χ4v) is 5.90. The molecule has 10 nitrogen and oxygen atoms in total. The molecule has 2 aliphatic heterocycles. The number of carbonyl (C=O) groups excluding carboxylic acids is 2. The summed E-state index contributed by atoms with van der Waals surface area (Å²) in [7, 11) is -4.17. The third-order valence-electron chi connectivity index (χ3n) is 4.89. The number of carboxylic acids is 1. The van der Waals surface area contributed by atoms with Gasteiger partial charge in [-0.25, -0.2) is 8.98 Å². The third-order valence-corrected chi connectivity index (χ3v) is 7.71. The van der Waals surface area contributed by atoms with E-state index in [0.29, 0.717) is 21.7 Å². The van der Waals surface area contributed by atoms with Gasteiger partial charge in [-0.05, 0) is 54.2 Å². The minimum atomic E-state index is -4.17. The van der Waals surface area contributed by atoms with Gasteiger partial charge in [0.25, 0.3) is 4.38 Å². The molecule has 0 atom stereocenters. The highest BCUT2D eigenvalue weighted by molar-refractivity contribution is 8.40. The van der Waals surface area contributed by atoms with Gasteiger partial charge in [0, 0.05) is 11.8 Å². The molecule has 0 radical (unpaired) electrons. The lowest BCUT2D eigenvalue weighted by molar-refractivity contribution is -0.447. The van der Waals surface area contributed by atoms with E-state index in [0.717, 1.165) is 22.8 Å². The number of aliphatic carboxylic acids is 1. The van der Waals surface area contributed by atoms with E-state index in [1.54, 1.807) is 12.2 Å². The maximum Gasteiger partial charge on any atom is 0.428 e. The van der Waals surface area contributed by atoms with E-state index >= 15 is 0 Å². The van der Waals surface area contributed by atoms with Crippen molar-refractivity contribution in [3.63, 3.8) is 0 Å². The van der Waals surface area contributed by atoms with Gasteiger partial charge < -0.3 is 19.5 Å². The van der Waals surface area contributed by atoms with Gasteiger partial charge in [-0.3, -0.25) is 4.55 Å². The van der Waals surface area contributed by atoms with Crippen LogP contribution in [0.2, 0.25) is 0 Å². The molecule has 2 aromatic carbocycles. The molecule has 0 fully saturated rings. The molecule has 202 valence electrons. The van der Waals surface area contributed by atoms with Crippen molar-refractivity contribution in [2.75, 3.05) is 23.8 Å². The van der Waals surface area contributed by atoms with Crippen LogP contribution in [0.1, 0.15) is 19.4 Å². The van der Waals surface area contributed by atoms with Crippen LogP contribution in [-0.4, -0.2) is 52.7 Å². The minimum Gasteiger partial charge on any atom is -0.544 e. The molecule has 2 aliphatic rings. The molecule has 2 aromatic rings. The number of carboxylic acid groups (broad SMARTS) is 1. The standard InChI is InChI=1S/C23H20N2O4S2.C2H6O4S/c1-2-30-23-25(15-21(26)27)22(28)19(31-23)12-13-20-24(14-16-8-4-3-5-9-16)17-10-6-7-11-18(17)29-20;1-2-6-7(3,4)5/h3-13H,2,14-15H2,1H3;2H2,1H3,(H,3,4,5). The van der Waals surface area contributed by atoms with E-state index in [-0.39, 0.29) is 12.5 Å². The molecular weight excluding hydrogens is 552 g/mol. The van der Waals surface area contributed by atoms with Crippen LogP contribution in [0.25, 0.3) is 0 Å². The first-order chi connectivity index (χ1) is 18.1.